The van der Waals surface area contributed by atoms with E-state index >= 15 is 0 Å². The molecule has 1 amide bonds. The van der Waals surface area contributed by atoms with E-state index in [0.717, 1.165) is 35.5 Å². The number of carbonyl (C=O) groups is 1. The van der Waals surface area contributed by atoms with E-state index in [1.807, 2.05) is 22.7 Å². The minimum absolute atomic E-state index is 0.00139. The molecule has 1 fully saturated rings. The molecule has 0 N–H and O–H groups in total. The lowest BCUT2D eigenvalue weighted by atomic mass is 10.1. The summed E-state index contributed by atoms with van der Waals surface area (Å²) >= 11 is 1.86. The molecule has 29 heavy (non-hydrogen) atoms. The van der Waals surface area contributed by atoms with E-state index in [1.54, 1.807) is 49.6 Å². The number of methoxy groups -OCH3 is 1. The van der Waals surface area contributed by atoms with Crippen LogP contribution in [0.25, 0.3) is 22.1 Å². The minimum Gasteiger partial charge on any atom is -0.497 e. The molecule has 0 saturated carbocycles. The summed E-state index contributed by atoms with van der Waals surface area (Å²) in [6.45, 7) is 1.56. The van der Waals surface area contributed by atoms with Gasteiger partial charge in [0.25, 0.3) is 5.91 Å². The lowest BCUT2D eigenvalue weighted by molar-refractivity contribution is -0.132. The molecule has 150 valence electrons. The number of amides is 1. The molecule has 4 rings (SSSR count). The highest BCUT2D eigenvalue weighted by molar-refractivity contribution is 7.99. The first-order chi connectivity index (χ1) is 14.1. The summed E-state index contributed by atoms with van der Waals surface area (Å²) in [6, 6.07) is 14.2. The predicted octanol–water partition coefficient (Wildman–Crippen LogP) is 3.42. The van der Waals surface area contributed by atoms with E-state index < -0.39 is 5.63 Å². The number of fused-ring (bicyclic) bond motifs is 1. The third kappa shape index (κ3) is 4.40. The summed E-state index contributed by atoms with van der Waals surface area (Å²) in [4.78, 5) is 26.4. The number of ether oxygens (including phenoxy) is 2. The second kappa shape index (κ2) is 8.61. The summed E-state index contributed by atoms with van der Waals surface area (Å²) in [6.07, 6.45) is 0. The molecule has 7 heteroatoms. The molecule has 2 aromatic carbocycles. The Kier molecular flexibility index (Phi) is 5.76. The van der Waals surface area contributed by atoms with Gasteiger partial charge < -0.3 is 18.8 Å². The fourth-order valence-corrected chi connectivity index (χ4v) is 4.11. The zero-order chi connectivity index (χ0) is 20.2. The van der Waals surface area contributed by atoms with Crippen LogP contribution in [0.2, 0.25) is 0 Å². The van der Waals surface area contributed by atoms with Gasteiger partial charge in [0, 0.05) is 30.0 Å². The van der Waals surface area contributed by atoms with Crippen LogP contribution in [-0.4, -0.2) is 49.1 Å². The lowest BCUT2D eigenvalue weighted by Gasteiger charge is -2.26. The Labute approximate surface area is 172 Å². The van der Waals surface area contributed by atoms with Crippen molar-refractivity contribution in [1.29, 1.82) is 0 Å². The summed E-state index contributed by atoms with van der Waals surface area (Å²) in [5.74, 6) is 3.22. The van der Waals surface area contributed by atoms with Crippen molar-refractivity contribution in [3.63, 3.8) is 0 Å². The number of nitrogens with zero attached hydrogens (tertiary/aromatic N) is 1. The molecule has 0 aliphatic carbocycles. The Hall–Kier alpha value is -2.93. The van der Waals surface area contributed by atoms with Gasteiger partial charge in [-0.15, -0.1) is 0 Å². The monoisotopic (exact) mass is 411 g/mol. The van der Waals surface area contributed by atoms with Gasteiger partial charge in [-0.1, -0.05) is 12.1 Å². The molecule has 6 nitrogen and oxygen atoms in total. The van der Waals surface area contributed by atoms with Crippen LogP contribution < -0.4 is 15.1 Å². The van der Waals surface area contributed by atoms with Crippen LogP contribution in [0, 0.1) is 0 Å². The van der Waals surface area contributed by atoms with Gasteiger partial charge in [0.1, 0.15) is 17.1 Å². The highest BCUT2D eigenvalue weighted by Gasteiger charge is 2.17. The average Bonchev–Trinajstić information content (AvgIpc) is 2.77. The van der Waals surface area contributed by atoms with Crippen LogP contribution >= 0.6 is 11.8 Å². The van der Waals surface area contributed by atoms with E-state index in [1.165, 1.54) is 0 Å². The fourth-order valence-electron chi connectivity index (χ4n) is 3.21. The Morgan fingerprint density at radius 3 is 2.52 bits per heavy atom. The van der Waals surface area contributed by atoms with Crippen molar-refractivity contribution in [2.75, 3.05) is 38.3 Å². The standard InChI is InChI=1S/C22H21NO5S/c1-26-18-6-7-20-16(12-18)13-19(22(25)28-20)15-2-4-17(5-3-15)27-14-21(24)23-8-10-29-11-9-23/h2-7,12-13H,8-11,14H2,1H3. The second-order valence-corrected chi connectivity index (χ2v) is 7.88. The zero-order valence-corrected chi connectivity index (χ0v) is 16.9. The average molecular weight is 411 g/mol. The van der Waals surface area contributed by atoms with Crippen LogP contribution in [0.15, 0.2) is 57.7 Å². The number of thioether (sulfide) groups is 1. The molecule has 1 aromatic heterocycles. The lowest BCUT2D eigenvalue weighted by Crippen LogP contribution is -2.40. The van der Waals surface area contributed by atoms with Gasteiger partial charge in [0.15, 0.2) is 6.61 Å². The number of carbonyl (C=O) groups excluding carboxylic acids is 1. The molecule has 1 saturated heterocycles. The molecule has 1 aliphatic heterocycles. The largest absolute Gasteiger partial charge is 0.497 e. The first kappa shape index (κ1) is 19.4. The van der Waals surface area contributed by atoms with Crippen LogP contribution in [-0.2, 0) is 4.79 Å². The van der Waals surface area contributed by atoms with Gasteiger partial charge in [-0.2, -0.15) is 11.8 Å². The fraction of sp³-hybridized carbons (Fsp3) is 0.273. The molecule has 1 aliphatic rings. The van der Waals surface area contributed by atoms with Gasteiger partial charge in [-0.05, 0) is 42.0 Å². The van der Waals surface area contributed by atoms with Crippen LogP contribution in [0.4, 0.5) is 0 Å². The van der Waals surface area contributed by atoms with E-state index in [4.69, 9.17) is 13.9 Å². The Balaban J connectivity index is 1.49. The number of hydrogen-bond donors (Lipinski definition) is 0. The second-order valence-electron chi connectivity index (χ2n) is 6.66. The normalized spacial score (nSPS) is 14.0. The zero-order valence-electron chi connectivity index (χ0n) is 16.1. The maximum absolute atomic E-state index is 12.4. The molecule has 0 spiro atoms. The Morgan fingerprint density at radius 2 is 1.79 bits per heavy atom. The Morgan fingerprint density at radius 1 is 1.07 bits per heavy atom. The summed E-state index contributed by atoms with van der Waals surface area (Å²) in [5.41, 5.74) is 1.28. The molecule has 0 radical (unpaired) electrons. The molecule has 2 heterocycles. The first-order valence-corrected chi connectivity index (χ1v) is 10.5. The van der Waals surface area contributed by atoms with E-state index in [9.17, 15) is 9.59 Å². The summed E-state index contributed by atoms with van der Waals surface area (Å²) in [5, 5.41) is 0.782. The third-order valence-corrected chi connectivity index (χ3v) is 5.77. The minimum atomic E-state index is -0.408. The molecule has 0 bridgehead atoms. The van der Waals surface area contributed by atoms with Crippen molar-refractivity contribution in [1.82, 2.24) is 4.90 Å². The molecule has 3 aromatic rings. The van der Waals surface area contributed by atoms with E-state index in [2.05, 4.69) is 0 Å². The van der Waals surface area contributed by atoms with Gasteiger partial charge in [0.05, 0.1) is 12.7 Å². The van der Waals surface area contributed by atoms with Crippen molar-refractivity contribution in [2.45, 2.75) is 0 Å². The van der Waals surface area contributed by atoms with Crippen LogP contribution in [0.1, 0.15) is 0 Å². The molecular formula is C22H21NO5S. The van der Waals surface area contributed by atoms with Gasteiger partial charge in [-0.25, -0.2) is 4.79 Å². The van der Waals surface area contributed by atoms with Crippen LogP contribution in [0.3, 0.4) is 0 Å². The third-order valence-electron chi connectivity index (χ3n) is 4.83. The van der Waals surface area contributed by atoms with Crippen LogP contribution in [0.5, 0.6) is 11.5 Å². The smallest absolute Gasteiger partial charge is 0.344 e. The van der Waals surface area contributed by atoms with Gasteiger partial charge in [0.2, 0.25) is 0 Å². The molecular weight excluding hydrogens is 390 g/mol. The van der Waals surface area contributed by atoms with Crippen molar-refractivity contribution < 1.29 is 18.7 Å². The highest BCUT2D eigenvalue weighted by Crippen LogP contribution is 2.25. The number of benzene rings is 2. The maximum Gasteiger partial charge on any atom is 0.344 e. The maximum atomic E-state index is 12.4. The SMILES string of the molecule is COc1ccc2oc(=O)c(-c3ccc(OCC(=O)N4CCSCC4)cc3)cc2c1. The van der Waals surface area contributed by atoms with E-state index in [0.29, 0.717) is 22.6 Å². The van der Waals surface area contributed by atoms with Crippen molar-refractivity contribution in [3.05, 3.63) is 59.0 Å². The van der Waals surface area contributed by atoms with Gasteiger partial charge in [-0.3, -0.25) is 4.79 Å². The van der Waals surface area contributed by atoms with Crippen molar-refractivity contribution >= 4 is 28.6 Å². The predicted molar refractivity (Wildman–Crippen MR) is 114 cm³/mol. The molecule has 0 atom stereocenters. The summed E-state index contributed by atoms with van der Waals surface area (Å²) in [7, 11) is 1.59. The first-order valence-electron chi connectivity index (χ1n) is 9.35. The van der Waals surface area contributed by atoms with Crippen molar-refractivity contribution in [3.8, 4) is 22.6 Å². The quantitative estimate of drug-likeness (QED) is 0.599. The number of hydrogen-bond acceptors (Lipinski definition) is 6. The molecule has 0 unspecified atom stereocenters. The topological polar surface area (TPSA) is 69.0 Å². The number of rotatable bonds is 5. The highest BCUT2D eigenvalue weighted by atomic mass is 32.2. The summed E-state index contributed by atoms with van der Waals surface area (Å²) < 4.78 is 16.3. The Bertz CT molecular complexity index is 1070. The van der Waals surface area contributed by atoms with E-state index in [-0.39, 0.29) is 12.5 Å². The van der Waals surface area contributed by atoms with Gasteiger partial charge >= 0.3 is 5.63 Å². The van der Waals surface area contributed by atoms with Crippen molar-refractivity contribution in [2.24, 2.45) is 0 Å².